The number of likely N-dealkylation sites (N-methyl/N-ethyl adjacent to an activating group) is 1. The van der Waals surface area contributed by atoms with Crippen molar-refractivity contribution in [2.45, 2.75) is 39.2 Å². The minimum atomic E-state index is -0.190. The molecule has 110 valence electrons. The van der Waals surface area contributed by atoms with Crippen LogP contribution in [0.1, 0.15) is 33.6 Å². The first-order chi connectivity index (χ1) is 7.55. The van der Waals surface area contributed by atoms with Gasteiger partial charge in [0.15, 0.2) is 0 Å². The van der Waals surface area contributed by atoms with Crippen LogP contribution < -0.4 is 11.1 Å². The highest BCUT2D eigenvalue weighted by molar-refractivity contribution is 5.85. The molecule has 1 amide bonds. The Morgan fingerprint density at radius 2 is 1.83 bits per heavy atom. The molecule has 1 aliphatic carbocycles. The van der Waals surface area contributed by atoms with Gasteiger partial charge in [-0.1, -0.05) is 13.8 Å². The molecule has 4 nitrogen and oxygen atoms in total. The summed E-state index contributed by atoms with van der Waals surface area (Å²) in [7, 11) is 0. The van der Waals surface area contributed by atoms with Crippen LogP contribution in [0.25, 0.3) is 0 Å². The Hall–Kier alpha value is -0.0300. The van der Waals surface area contributed by atoms with Crippen molar-refractivity contribution in [2.75, 3.05) is 26.2 Å². The number of carbonyl (C=O) groups excluding carboxylic acids is 1. The van der Waals surface area contributed by atoms with E-state index in [4.69, 9.17) is 5.73 Å². The fourth-order valence-electron chi connectivity index (χ4n) is 2.05. The average molecular weight is 300 g/mol. The number of hydrogen-bond acceptors (Lipinski definition) is 3. The lowest BCUT2D eigenvalue weighted by Crippen LogP contribution is -2.55. The van der Waals surface area contributed by atoms with Crippen molar-refractivity contribution >= 4 is 30.7 Å². The van der Waals surface area contributed by atoms with Crippen LogP contribution in [0.4, 0.5) is 0 Å². The predicted molar refractivity (Wildman–Crippen MR) is 80.6 cm³/mol. The molecule has 0 aromatic carbocycles. The summed E-state index contributed by atoms with van der Waals surface area (Å²) < 4.78 is 0. The first-order valence-electron chi connectivity index (χ1n) is 6.29. The van der Waals surface area contributed by atoms with Crippen molar-refractivity contribution in [3.63, 3.8) is 0 Å². The minimum Gasteiger partial charge on any atom is -0.348 e. The molecule has 1 unspecified atom stereocenters. The van der Waals surface area contributed by atoms with E-state index in [0.717, 1.165) is 13.1 Å². The van der Waals surface area contributed by atoms with Crippen LogP contribution in [-0.4, -0.2) is 42.5 Å². The highest BCUT2D eigenvalue weighted by Crippen LogP contribution is 2.38. The van der Waals surface area contributed by atoms with Crippen LogP contribution in [0.3, 0.4) is 0 Å². The summed E-state index contributed by atoms with van der Waals surface area (Å²) in [5.74, 6) is 0.682. The van der Waals surface area contributed by atoms with Gasteiger partial charge in [0.25, 0.3) is 0 Å². The van der Waals surface area contributed by atoms with E-state index in [1.54, 1.807) is 0 Å². The average Bonchev–Trinajstić information content (AvgIpc) is 3.09. The number of nitrogens with two attached hydrogens (primary N) is 1. The first kappa shape index (κ1) is 20.3. The normalized spacial score (nSPS) is 17.4. The van der Waals surface area contributed by atoms with E-state index in [1.165, 1.54) is 12.8 Å². The van der Waals surface area contributed by atoms with Crippen molar-refractivity contribution in [3.05, 3.63) is 0 Å². The van der Waals surface area contributed by atoms with Gasteiger partial charge in [-0.05, 0) is 38.8 Å². The summed E-state index contributed by atoms with van der Waals surface area (Å²) in [6.07, 6.45) is 2.39. The van der Waals surface area contributed by atoms with Gasteiger partial charge < -0.3 is 11.1 Å². The smallest absolute Gasteiger partial charge is 0.234 e. The number of carbonyl (C=O) groups is 1. The second kappa shape index (κ2) is 8.97. The maximum absolute atomic E-state index is 11.9. The Balaban J connectivity index is 0. The van der Waals surface area contributed by atoms with Gasteiger partial charge in [-0.15, -0.1) is 24.8 Å². The molecule has 18 heavy (non-hydrogen) atoms. The molecule has 1 rings (SSSR count). The third-order valence-electron chi connectivity index (χ3n) is 3.59. The van der Waals surface area contributed by atoms with Gasteiger partial charge in [0, 0.05) is 6.54 Å². The Morgan fingerprint density at radius 1 is 1.33 bits per heavy atom. The van der Waals surface area contributed by atoms with Crippen molar-refractivity contribution in [2.24, 2.45) is 11.7 Å². The Kier molecular flexibility index (Phi) is 10.1. The van der Waals surface area contributed by atoms with Gasteiger partial charge in [-0.3, -0.25) is 9.69 Å². The number of nitrogens with one attached hydrogen (secondary N) is 1. The predicted octanol–water partition coefficient (Wildman–Crippen LogP) is 1.42. The fourth-order valence-corrected chi connectivity index (χ4v) is 2.05. The number of nitrogens with zero attached hydrogens (tertiary/aromatic N) is 1. The molecule has 0 aliphatic heterocycles. The number of halogens is 2. The topological polar surface area (TPSA) is 58.4 Å². The number of amides is 1. The van der Waals surface area contributed by atoms with Gasteiger partial charge in [0.05, 0.1) is 12.1 Å². The zero-order valence-electron chi connectivity index (χ0n) is 11.6. The van der Waals surface area contributed by atoms with Crippen molar-refractivity contribution in [1.82, 2.24) is 10.2 Å². The lowest BCUT2D eigenvalue weighted by atomic mass is 9.96. The Morgan fingerprint density at radius 3 is 2.17 bits per heavy atom. The van der Waals surface area contributed by atoms with E-state index in [9.17, 15) is 4.79 Å². The Bertz CT molecular complexity index is 245. The lowest BCUT2D eigenvalue weighted by Gasteiger charge is -2.30. The zero-order valence-corrected chi connectivity index (χ0v) is 13.2. The molecule has 0 saturated heterocycles. The van der Waals surface area contributed by atoms with Crippen LogP contribution >= 0.6 is 24.8 Å². The fraction of sp³-hybridized carbons (Fsp3) is 0.917. The third kappa shape index (κ3) is 5.74. The summed E-state index contributed by atoms with van der Waals surface area (Å²) in [4.78, 5) is 14.0. The largest absolute Gasteiger partial charge is 0.348 e. The maximum Gasteiger partial charge on any atom is 0.234 e. The summed E-state index contributed by atoms with van der Waals surface area (Å²) in [5, 5.41) is 3.10. The van der Waals surface area contributed by atoms with E-state index < -0.39 is 0 Å². The first-order valence-corrected chi connectivity index (χ1v) is 6.29. The molecule has 1 aliphatic rings. The molecule has 0 heterocycles. The summed E-state index contributed by atoms with van der Waals surface area (Å²) >= 11 is 0. The summed E-state index contributed by atoms with van der Waals surface area (Å²) in [6.45, 7) is 9.03. The molecule has 0 spiro atoms. The molecule has 1 fully saturated rings. The van der Waals surface area contributed by atoms with Crippen LogP contribution in [0.15, 0.2) is 0 Å². The van der Waals surface area contributed by atoms with E-state index in [2.05, 4.69) is 31.0 Å². The van der Waals surface area contributed by atoms with Crippen LogP contribution in [0.2, 0.25) is 0 Å². The quantitative estimate of drug-likeness (QED) is 0.747. The van der Waals surface area contributed by atoms with Crippen molar-refractivity contribution in [1.29, 1.82) is 0 Å². The van der Waals surface area contributed by atoms with E-state index >= 15 is 0 Å². The van der Waals surface area contributed by atoms with Crippen molar-refractivity contribution < 1.29 is 4.79 Å². The molecular formula is C12H27Cl2N3O. The molecule has 1 atom stereocenters. The summed E-state index contributed by atoms with van der Waals surface area (Å²) in [6, 6.07) is 0. The second-order valence-corrected chi connectivity index (χ2v) is 4.91. The minimum absolute atomic E-state index is 0. The molecule has 6 heteroatoms. The van der Waals surface area contributed by atoms with Gasteiger partial charge in [0.1, 0.15) is 0 Å². The molecule has 0 bridgehead atoms. The standard InChI is InChI=1S/C12H25N3O.2ClH/c1-4-15(5-2)8-11(16)14-12(3,9-13)10-6-7-10;;/h10H,4-9,13H2,1-3H3,(H,14,16);2*1H. The molecule has 1 saturated carbocycles. The van der Waals surface area contributed by atoms with Crippen LogP contribution in [-0.2, 0) is 4.79 Å². The molecule has 0 radical (unpaired) electrons. The number of rotatable bonds is 7. The maximum atomic E-state index is 11.9. The summed E-state index contributed by atoms with van der Waals surface area (Å²) in [5.41, 5.74) is 5.57. The zero-order chi connectivity index (χ0) is 12.2. The highest BCUT2D eigenvalue weighted by atomic mass is 35.5. The highest BCUT2D eigenvalue weighted by Gasteiger charge is 2.41. The van der Waals surface area contributed by atoms with Gasteiger partial charge >= 0.3 is 0 Å². The van der Waals surface area contributed by atoms with Gasteiger partial charge in [0.2, 0.25) is 5.91 Å². The second-order valence-electron chi connectivity index (χ2n) is 4.91. The molecule has 0 aromatic rings. The van der Waals surface area contributed by atoms with E-state index in [0.29, 0.717) is 19.0 Å². The van der Waals surface area contributed by atoms with E-state index in [-0.39, 0.29) is 36.3 Å². The van der Waals surface area contributed by atoms with Crippen LogP contribution in [0, 0.1) is 5.92 Å². The number of hydrogen-bond donors (Lipinski definition) is 2. The monoisotopic (exact) mass is 299 g/mol. The third-order valence-corrected chi connectivity index (χ3v) is 3.59. The Labute approximate surface area is 123 Å². The SMILES string of the molecule is CCN(CC)CC(=O)NC(C)(CN)C1CC1.Cl.Cl. The molecule has 0 aromatic heterocycles. The molecular weight excluding hydrogens is 273 g/mol. The lowest BCUT2D eigenvalue weighted by molar-refractivity contribution is -0.124. The molecule has 3 N–H and O–H groups in total. The van der Waals surface area contributed by atoms with Gasteiger partial charge in [-0.2, -0.15) is 0 Å². The van der Waals surface area contributed by atoms with E-state index in [1.807, 2.05) is 0 Å². The van der Waals surface area contributed by atoms with Crippen molar-refractivity contribution in [3.8, 4) is 0 Å². The van der Waals surface area contributed by atoms with Gasteiger partial charge in [-0.25, -0.2) is 0 Å². The van der Waals surface area contributed by atoms with Crippen LogP contribution in [0.5, 0.6) is 0 Å².